The Bertz CT molecular complexity index is 1470. The summed E-state index contributed by atoms with van der Waals surface area (Å²) in [4.78, 5) is 27.5. The predicted octanol–water partition coefficient (Wildman–Crippen LogP) is 8.42. The Balaban J connectivity index is 1.78. The maximum Gasteiger partial charge on any atom is 0.341 e. The summed E-state index contributed by atoms with van der Waals surface area (Å²) in [5, 5.41) is 7.14. The molecule has 1 atom stereocenters. The van der Waals surface area contributed by atoms with Crippen molar-refractivity contribution in [3.63, 3.8) is 0 Å². The lowest BCUT2D eigenvalue weighted by Gasteiger charge is -2.12. The van der Waals surface area contributed by atoms with Gasteiger partial charge >= 0.3 is 5.97 Å². The number of carbonyl (C=O) groups is 2. The topological polar surface area (TPSA) is 81.4 Å². The Morgan fingerprint density at radius 1 is 1.11 bits per heavy atom. The van der Waals surface area contributed by atoms with Gasteiger partial charge in [-0.25, -0.2) is 9.18 Å². The van der Waals surface area contributed by atoms with Crippen LogP contribution >= 0.6 is 22.9 Å². The summed E-state index contributed by atoms with van der Waals surface area (Å²) < 4.78 is 25.3. The first-order chi connectivity index (χ1) is 18.2. The van der Waals surface area contributed by atoms with Crippen molar-refractivity contribution >= 4 is 39.8 Å². The van der Waals surface area contributed by atoms with Gasteiger partial charge in [0.15, 0.2) is 0 Å². The van der Waals surface area contributed by atoms with Crippen LogP contribution < -0.4 is 5.32 Å². The summed E-state index contributed by atoms with van der Waals surface area (Å²) in [6, 6.07) is 12.3. The maximum absolute atomic E-state index is 14.7. The average Bonchev–Trinajstić information content (AvgIpc) is 3.42. The van der Waals surface area contributed by atoms with Crippen molar-refractivity contribution in [3.05, 3.63) is 80.6 Å². The number of halogens is 2. The number of thiophene rings is 1. The highest BCUT2D eigenvalue weighted by Gasteiger charge is 2.29. The summed E-state index contributed by atoms with van der Waals surface area (Å²) in [5.74, 6) is -1.20. The van der Waals surface area contributed by atoms with Gasteiger partial charge in [0, 0.05) is 10.4 Å². The monoisotopic (exact) mass is 554 g/mol. The third kappa shape index (κ3) is 5.24. The molecule has 0 aliphatic heterocycles. The Morgan fingerprint density at radius 2 is 1.82 bits per heavy atom. The van der Waals surface area contributed by atoms with Crippen molar-refractivity contribution < 1.29 is 23.2 Å². The van der Waals surface area contributed by atoms with Gasteiger partial charge in [0.2, 0.25) is 0 Å². The molecule has 4 aromatic rings. The van der Waals surface area contributed by atoms with E-state index in [1.54, 1.807) is 13.8 Å². The first kappa shape index (κ1) is 27.5. The van der Waals surface area contributed by atoms with Crippen LogP contribution in [0, 0.1) is 19.7 Å². The number of amides is 1. The van der Waals surface area contributed by atoms with E-state index in [1.807, 2.05) is 19.1 Å². The van der Waals surface area contributed by atoms with Crippen molar-refractivity contribution in [3.8, 4) is 22.4 Å². The smallest absolute Gasteiger partial charge is 0.341 e. The zero-order valence-electron chi connectivity index (χ0n) is 21.8. The Labute approximate surface area is 229 Å². The number of benzene rings is 2. The van der Waals surface area contributed by atoms with Gasteiger partial charge < -0.3 is 14.6 Å². The van der Waals surface area contributed by atoms with Crippen LogP contribution in [-0.4, -0.2) is 23.6 Å². The van der Waals surface area contributed by atoms with E-state index in [1.165, 1.54) is 35.1 Å². The molecule has 198 valence electrons. The van der Waals surface area contributed by atoms with Crippen molar-refractivity contribution in [2.75, 3.05) is 11.9 Å². The van der Waals surface area contributed by atoms with Gasteiger partial charge in [0.25, 0.3) is 5.91 Å². The molecule has 1 N–H and O–H groups in total. The molecule has 0 saturated carbocycles. The number of hydrogen-bond donors (Lipinski definition) is 1. The minimum absolute atomic E-state index is 0.0186. The standard InChI is InChI=1S/C29H28ClFN2O4S/c1-6-15(3)18-11-13-19(14-12-18)23-17(5)38-28(25(23)29(35)36-7-2)32-27(34)22-16(4)37-33-26(22)24-20(30)9-8-10-21(24)31/h8-15H,6-7H2,1-5H3,(H,32,34)/t15-/m0/s1. The number of nitrogens with one attached hydrogen (secondary N) is 1. The zero-order chi connectivity index (χ0) is 27.6. The number of hydrogen-bond acceptors (Lipinski definition) is 6. The Hall–Kier alpha value is -3.49. The normalized spacial score (nSPS) is 11.9. The highest BCUT2D eigenvalue weighted by atomic mass is 35.5. The number of aryl methyl sites for hydroxylation is 2. The van der Waals surface area contributed by atoms with E-state index in [9.17, 15) is 14.0 Å². The third-order valence-electron chi connectivity index (χ3n) is 6.46. The van der Waals surface area contributed by atoms with Gasteiger partial charge in [-0.1, -0.05) is 60.9 Å². The summed E-state index contributed by atoms with van der Waals surface area (Å²) in [5.41, 5.74) is 2.97. The van der Waals surface area contributed by atoms with Crippen LogP contribution in [0.4, 0.5) is 9.39 Å². The second kappa shape index (κ2) is 11.5. The molecule has 1 amide bonds. The van der Waals surface area contributed by atoms with Crippen LogP contribution in [0.15, 0.2) is 47.0 Å². The van der Waals surface area contributed by atoms with Gasteiger partial charge in [0.05, 0.1) is 17.2 Å². The molecule has 0 fully saturated rings. The molecule has 2 aromatic heterocycles. The lowest BCUT2D eigenvalue weighted by molar-refractivity contribution is 0.0529. The fourth-order valence-electron chi connectivity index (χ4n) is 4.29. The number of ether oxygens (including phenoxy) is 1. The summed E-state index contributed by atoms with van der Waals surface area (Å²) in [6.07, 6.45) is 1.02. The first-order valence-electron chi connectivity index (χ1n) is 12.3. The molecule has 0 bridgehead atoms. The van der Waals surface area contributed by atoms with E-state index in [-0.39, 0.29) is 39.8 Å². The Kier molecular flexibility index (Phi) is 8.33. The fourth-order valence-corrected chi connectivity index (χ4v) is 5.60. The van der Waals surface area contributed by atoms with Crippen molar-refractivity contribution in [2.45, 2.75) is 47.0 Å². The van der Waals surface area contributed by atoms with Gasteiger partial charge in [0.1, 0.15) is 33.4 Å². The van der Waals surface area contributed by atoms with Gasteiger partial charge in [-0.15, -0.1) is 11.3 Å². The number of aromatic nitrogens is 1. The van der Waals surface area contributed by atoms with E-state index in [0.29, 0.717) is 16.5 Å². The Morgan fingerprint density at radius 3 is 2.45 bits per heavy atom. The van der Waals surface area contributed by atoms with E-state index in [2.05, 4.69) is 36.5 Å². The molecule has 0 spiro atoms. The molecule has 38 heavy (non-hydrogen) atoms. The van der Waals surface area contributed by atoms with E-state index in [4.69, 9.17) is 20.9 Å². The van der Waals surface area contributed by atoms with Crippen LogP contribution in [0.5, 0.6) is 0 Å². The van der Waals surface area contributed by atoms with Gasteiger partial charge in [-0.2, -0.15) is 0 Å². The molecule has 0 radical (unpaired) electrons. The number of esters is 1. The predicted molar refractivity (Wildman–Crippen MR) is 149 cm³/mol. The quantitative estimate of drug-likeness (QED) is 0.221. The highest BCUT2D eigenvalue weighted by Crippen LogP contribution is 2.42. The minimum atomic E-state index is -0.637. The lowest BCUT2D eigenvalue weighted by atomic mass is 9.94. The molecular formula is C29H28ClFN2O4S. The van der Waals surface area contributed by atoms with E-state index >= 15 is 0 Å². The molecule has 2 aromatic carbocycles. The second-order valence-corrected chi connectivity index (χ2v) is 10.5. The van der Waals surface area contributed by atoms with Crippen LogP contribution in [0.1, 0.15) is 70.0 Å². The SMILES string of the molecule is CCOC(=O)c1c(NC(=O)c2c(-c3c(F)cccc3Cl)noc2C)sc(C)c1-c1ccc([C@@H](C)CC)cc1. The average molecular weight is 555 g/mol. The molecule has 0 aliphatic carbocycles. The number of rotatable bonds is 8. The maximum atomic E-state index is 14.7. The van der Waals surface area contributed by atoms with E-state index in [0.717, 1.165) is 16.9 Å². The third-order valence-corrected chi connectivity index (χ3v) is 7.80. The molecular weight excluding hydrogens is 527 g/mol. The van der Waals surface area contributed by atoms with Crippen LogP contribution in [0.25, 0.3) is 22.4 Å². The minimum Gasteiger partial charge on any atom is -0.462 e. The van der Waals surface area contributed by atoms with Crippen LogP contribution in [-0.2, 0) is 4.74 Å². The van der Waals surface area contributed by atoms with Crippen LogP contribution in [0.2, 0.25) is 5.02 Å². The first-order valence-corrected chi connectivity index (χ1v) is 13.5. The number of carbonyl (C=O) groups excluding carboxylic acids is 2. The van der Waals surface area contributed by atoms with Crippen molar-refractivity contribution in [1.29, 1.82) is 0 Å². The molecule has 6 nitrogen and oxygen atoms in total. The second-order valence-electron chi connectivity index (χ2n) is 8.90. The van der Waals surface area contributed by atoms with Gasteiger partial charge in [-0.05, 0) is 56.4 Å². The summed E-state index contributed by atoms with van der Waals surface area (Å²) >= 11 is 7.49. The molecule has 0 saturated heterocycles. The number of anilines is 1. The zero-order valence-corrected chi connectivity index (χ0v) is 23.3. The molecule has 2 heterocycles. The molecule has 0 aliphatic rings. The van der Waals surface area contributed by atoms with Gasteiger partial charge in [-0.3, -0.25) is 4.79 Å². The summed E-state index contributed by atoms with van der Waals surface area (Å²) in [6.45, 7) is 9.64. The van der Waals surface area contributed by atoms with Crippen LogP contribution in [0.3, 0.4) is 0 Å². The molecule has 0 unspecified atom stereocenters. The fraction of sp³-hybridized carbons (Fsp3) is 0.276. The van der Waals surface area contributed by atoms with E-state index < -0.39 is 17.7 Å². The van der Waals surface area contributed by atoms with Crippen molar-refractivity contribution in [1.82, 2.24) is 5.16 Å². The molecule has 9 heteroatoms. The molecule has 4 rings (SSSR count). The highest BCUT2D eigenvalue weighted by molar-refractivity contribution is 7.17. The summed E-state index contributed by atoms with van der Waals surface area (Å²) in [7, 11) is 0. The number of nitrogens with zero attached hydrogens (tertiary/aromatic N) is 1. The lowest BCUT2D eigenvalue weighted by Crippen LogP contribution is -2.16. The largest absolute Gasteiger partial charge is 0.462 e. The van der Waals surface area contributed by atoms with Crippen molar-refractivity contribution in [2.24, 2.45) is 0 Å².